The first-order valence-corrected chi connectivity index (χ1v) is 8.79. The van der Waals surface area contributed by atoms with Crippen molar-refractivity contribution in [3.63, 3.8) is 0 Å². The summed E-state index contributed by atoms with van der Waals surface area (Å²) in [6.07, 6.45) is 0. The van der Waals surface area contributed by atoms with Crippen LogP contribution < -0.4 is 10.2 Å². The number of anilines is 2. The summed E-state index contributed by atoms with van der Waals surface area (Å²) in [6.45, 7) is 3.44. The molecule has 5 nitrogen and oxygen atoms in total. The number of imidazole rings is 1. The zero-order chi connectivity index (χ0) is 17.1. The van der Waals surface area contributed by atoms with Crippen molar-refractivity contribution in [2.45, 2.75) is 0 Å². The number of piperazine rings is 1. The van der Waals surface area contributed by atoms with Crippen LogP contribution in [0.3, 0.4) is 0 Å². The molecule has 1 aromatic rings. The second-order valence-electron chi connectivity index (χ2n) is 5.98. The van der Waals surface area contributed by atoms with Crippen LogP contribution in [0.5, 0.6) is 0 Å². The molecule has 1 fully saturated rings. The van der Waals surface area contributed by atoms with Gasteiger partial charge in [0.2, 0.25) is 5.95 Å². The second-order valence-corrected chi connectivity index (χ2v) is 6.36. The fourth-order valence-electron chi connectivity index (χ4n) is 2.93. The summed E-state index contributed by atoms with van der Waals surface area (Å²) in [5.41, 5.74) is 2.89. The molecule has 1 aromatic carbocycles. The molecule has 0 spiro atoms. The Kier molecular flexibility index (Phi) is 4.43. The number of hydrogen-bond acceptors (Lipinski definition) is 4. The fourth-order valence-corrected chi connectivity index (χ4v) is 3.23. The molecule has 0 bridgehead atoms. The van der Waals surface area contributed by atoms with Gasteiger partial charge in [0.15, 0.2) is 5.11 Å². The molecule has 0 saturated carbocycles. The smallest absolute Gasteiger partial charge is 0.226 e. The van der Waals surface area contributed by atoms with E-state index in [0.717, 1.165) is 54.3 Å². The molecule has 0 radical (unpaired) electrons. The number of thiocarbonyl (C=S) groups is 1. The number of hydrogen-bond donors (Lipinski definition) is 1. The zero-order valence-corrected chi connectivity index (χ0v) is 14.6. The van der Waals surface area contributed by atoms with Gasteiger partial charge < -0.3 is 15.1 Å². The van der Waals surface area contributed by atoms with Gasteiger partial charge in [-0.15, -0.1) is 0 Å². The number of aromatic nitrogens is 2. The summed E-state index contributed by atoms with van der Waals surface area (Å²) in [7, 11) is 0. The van der Waals surface area contributed by atoms with E-state index in [1.807, 2.05) is 60.7 Å². The summed E-state index contributed by atoms with van der Waals surface area (Å²) in [6, 6.07) is 20.0. The Morgan fingerprint density at radius 3 is 1.96 bits per heavy atom. The predicted octanol–water partition coefficient (Wildman–Crippen LogP) is 3.10. The van der Waals surface area contributed by atoms with Crippen LogP contribution in [0.4, 0.5) is 11.6 Å². The summed E-state index contributed by atoms with van der Waals surface area (Å²) >= 11 is 5.54. The first-order chi connectivity index (χ1) is 12.3. The Morgan fingerprint density at radius 1 is 0.800 bits per heavy atom. The standard InChI is InChI=1S/C19H19N5S/c25-19(20-15-7-3-1-4-8-15)24-13-11-23(12-14-24)18-21-16-9-5-2-6-10-17(16)22-18/h1-10H,11-14H2,(H,20,25). The summed E-state index contributed by atoms with van der Waals surface area (Å²) < 4.78 is 0. The van der Waals surface area contributed by atoms with Crippen LogP contribution in [0.25, 0.3) is 11.4 Å². The largest absolute Gasteiger partial charge is 0.345 e. The van der Waals surface area contributed by atoms with Crippen molar-refractivity contribution in [3.05, 3.63) is 60.7 Å². The molecule has 0 unspecified atom stereocenters. The topological polar surface area (TPSA) is 44.3 Å². The first-order valence-electron chi connectivity index (χ1n) is 8.38. The summed E-state index contributed by atoms with van der Waals surface area (Å²) in [5.74, 6) is 0.808. The van der Waals surface area contributed by atoms with E-state index >= 15 is 0 Å². The highest BCUT2D eigenvalue weighted by molar-refractivity contribution is 7.80. The molecule has 25 heavy (non-hydrogen) atoms. The lowest BCUT2D eigenvalue weighted by Gasteiger charge is -2.35. The van der Waals surface area contributed by atoms with Gasteiger partial charge >= 0.3 is 0 Å². The van der Waals surface area contributed by atoms with E-state index in [2.05, 4.69) is 25.1 Å². The van der Waals surface area contributed by atoms with E-state index in [1.54, 1.807) is 0 Å². The highest BCUT2D eigenvalue weighted by Gasteiger charge is 2.22. The maximum atomic E-state index is 5.54. The van der Waals surface area contributed by atoms with Crippen molar-refractivity contribution < 1.29 is 0 Å². The van der Waals surface area contributed by atoms with Gasteiger partial charge in [-0.1, -0.05) is 36.4 Å². The average Bonchev–Trinajstić information content (AvgIpc) is 2.93. The third kappa shape index (κ3) is 3.53. The molecule has 126 valence electrons. The minimum absolute atomic E-state index is 0.770. The Balaban J connectivity index is 1.39. The van der Waals surface area contributed by atoms with Crippen LogP contribution in [-0.4, -0.2) is 46.2 Å². The maximum Gasteiger partial charge on any atom is 0.226 e. The Hall–Kier alpha value is -2.73. The molecule has 1 saturated heterocycles. The molecule has 0 aromatic heterocycles. The molecule has 4 rings (SSSR count). The van der Waals surface area contributed by atoms with Gasteiger partial charge in [-0.2, -0.15) is 0 Å². The average molecular weight is 349 g/mol. The number of benzene rings is 1. The van der Waals surface area contributed by atoms with Crippen LogP contribution in [0, 0.1) is 0 Å². The Morgan fingerprint density at radius 2 is 1.36 bits per heavy atom. The van der Waals surface area contributed by atoms with Crippen molar-refractivity contribution >= 4 is 29.0 Å². The lowest BCUT2D eigenvalue weighted by Crippen LogP contribution is -2.50. The number of fused-ring (bicyclic) bond motifs is 1. The molecule has 0 atom stereocenters. The molecule has 2 aliphatic heterocycles. The minimum atomic E-state index is 0.770. The van der Waals surface area contributed by atoms with Crippen LogP contribution in [0.15, 0.2) is 60.7 Å². The van der Waals surface area contributed by atoms with E-state index in [1.165, 1.54) is 0 Å². The van der Waals surface area contributed by atoms with E-state index in [4.69, 9.17) is 12.2 Å². The van der Waals surface area contributed by atoms with Gasteiger partial charge in [0.05, 0.1) is 11.4 Å². The quantitative estimate of drug-likeness (QED) is 0.717. The van der Waals surface area contributed by atoms with Gasteiger partial charge in [-0.05, 0) is 36.5 Å². The lowest BCUT2D eigenvalue weighted by molar-refractivity contribution is 0.388. The molecule has 2 heterocycles. The van der Waals surface area contributed by atoms with E-state index in [0.29, 0.717) is 0 Å². The van der Waals surface area contributed by atoms with Gasteiger partial charge in [-0.25, -0.2) is 9.97 Å². The maximum absolute atomic E-state index is 5.54. The normalized spacial score (nSPS) is 14.6. The Bertz CT molecular complexity index is 799. The number of rotatable bonds is 2. The van der Waals surface area contributed by atoms with Crippen molar-refractivity contribution in [2.75, 3.05) is 36.4 Å². The minimum Gasteiger partial charge on any atom is -0.345 e. The van der Waals surface area contributed by atoms with Gasteiger partial charge in [0, 0.05) is 31.9 Å². The fraction of sp³-hybridized carbons (Fsp3) is 0.211. The van der Waals surface area contributed by atoms with Crippen LogP contribution in [0.2, 0.25) is 0 Å². The summed E-state index contributed by atoms with van der Waals surface area (Å²) in [5, 5.41) is 4.07. The van der Waals surface area contributed by atoms with Crippen molar-refractivity contribution in [2.24, 2.45) is 0 Å². The van der Waals surface area contributed by atoms with E-state index in [9.17, 15) is 0 Å². The predicted molar refractivity (Wildman–Crippen MR) is 105 cm³/mol. The number of para-hydroxylation sites is 1. The Labute approximate surface area is 152 Å². The lowest BCUT2D eigenvalue weighted by atomic mass is 10.3. The van der Waals surface area contributed by atoms with Gasteiger partial charge in [-0.3, -0.25) is 0 Å². The monoisotopic (exact) mass is 349 g/mol. The molecule has 1 aliphatic carbocycles. The molecule has 1 N–H and O–H groups in total. The van der Waals surface area contributed by atoms with Crippen molar-refractivity contribution in [1.82, 2.24) is 14.9 Å². The zero-order valence-electron chi connectivity index (χ0n) is 13.8. The SMILES string of the molecule is S=C(Nc1ccccc1)N1CCN(c2nc3cccccc-3n2)CC1. The third-order valence-corrected chi connectivity index (χ3v) is 4.67. The number of nitrogens with one attached hydrogen (secondary N) is 1. The first kappa shape index (κ1) is 15.8. The van der Waals surface area contributed by atoms with E-state index < -0.39 is 0 Å². The van der Waals surface area contributed by atoms with Crippen molar-refractivity contribution in [3.8, 4) is 11.4 Å². The number of nitrogens with zero attached hydrogens (tertiary/aromatic N) is 4. The van der Waals surface area contributed by atoms with Gasteiger partial charge in [0.25, 0.3) is 0 Å². The molecular weight excluding hydrogens is 330 g/mol. The molecule has 3 aliphatic rings. The molecule has 0 amide bonds. The highest BCUT2D eigenvalue weighted by Crippen LogP contribution is 2.22. The van der Waals surface area contributed by atoms with E-state index in [-0.39, 0.29) is 0 Å². The third-order valence-electron chi connectivity index (χ3n) is 4.31. The molecule has 6 heteroatoms. The second kappa shape index (κ2) is 7.03. The highest BCUT2D eigenvalue weighted by atomic mass is 32.1. The summed E-state index contributed by atoms with van der Waals surface area (Å²) in [4.78, 5) is 13.7. The van der Waals surface area contributed by atoms with Gasteiger partial charge in [0.1, 0.15) is 0 Å². The van der Waals surface area contributed by atoms with Crippen molar-refractivity contribution in [1.29, 1.82) is 0 Å². The van der Waals surface area contributed by atoms with Crippen LogP contribution in [0.1, 0.15) is 0 Å². The van der Waals surface area contributed by atoms with Crippen LogP contribution >= 0.6 is 12.2 Å². The molecular formula is C19H19N5S. The van der Waals surface area contributed by atoms with Crippen LogP contribution in [-0.2, 0) is 0 Å².